The minimum Gasteiger partial charge on any atom is -0.368 e. The number of fused-ring (bicyclic) bond motifs is 1. The van der Waals surface area contributed by atoms with Gasteiger partial charge < -0.3 is 15.2 Å². The molecule has 9 nitrogen and oxygen atoms in total. The van der Waals surface area contributed by atoms with Gasteiger partial charge >= 0.3 is 0 Å². The first-order valence-electron chi connectivity index (χ1n) is 9.86. The fourth-order valence-corrected chi connectivity index (χ4v) is 4.36. The average Bonchev–Trinajstić information content (AvgIpc) is 3.36. The van der Waals surface area contributed by atoms with E-state index in [-0.39, 0.29) is 5.91 Å². The van der Waals surface area contributed by atoms with Gasteiger partial charge in [-0.3, -0.25) is 4.79 Å². The predicted octanol–water partition coefficient (Wildman–Crippen LogP) is 3.17. The molecule has 160 valence electrons. The molecule has 0 bridgehead atoms. The molecule has 10 heteroatoms. The second-order valence-corrected chi connectivity index (χ2v) is 8.04. The lowest BCUT2D eigenvalue weighted by atomic mass is 10.2. The van der Waals surface area contributed by atoms with E-state index in [0.29, 0.717) is 30.2 Å². The number of benzene rings is 1. The summed E-state index contributed by atoms with van der Waals surface area (Å²) in [6, 6.07) is 9.49. The maximum Gasteiger partial charge on any atom is 0.254 e. The summed E-state index contributed by atoms with van der Waals surface area (Å²) in [6.45, 7) is 6.73. The number of thioether (sulfide) groups is 1. The molecule has 0 fully saturated rings. The van der Waals surface area contributed by atoms with Crippen molar-refractivity contribution in [2.75, 3.05) is 18.4 Å². The molecule has 1 amide bonds. The Morgan fingerprint density at radius 1 is 1.19 bits per heavy atom. The zero-order chi connectivity index (χ0) is 21.8. The first-order valence-corrected chi connectivity index (χ1v) is 10.8. The van der Waals surface area contributed by atoms with Gasteiger partial charge in [0, 0.05) is 41.1 Å². The Balaban J connectivity index is 1.35. The van der Waals surface area contributed by atoms with Crippen LogP contribution in [0.3, 0.4) is 0 Å². The molecule has 31 heavy (non-hydrogen) atoms. The van der Waals surface area contributed by atoms with E-state index in [2.05, 4.69) is 30.9 Å². The third-order valence-corrected chi connectivity index (χ3v) is 5.88. The van der Waals surface area contributed by atoms with Crippen molar-refractivity contribution >= 4 is 29.3 Å². The number of amides is 1. The van der Waals surface area contributed by atoms with Crippen molar-refractivity contribution < 1.29 is 9.32 Å². The monoisotopic (exact) mass is 437 g/mol. The number of carbonyl (C=O) groups is 1. The van der Waals surface area contributed by atoms with Crippen LogP contribution in [0.5, 0.6) is 0 Å². The third kappa shape index (κ3) is 4.69. The maximum atomic E-state index is 12.8. The Hall–Kier alpha value is -3.40. The molecule has 0 aliphatic rings. The summed E-state index contributed by atoms with van der Waals surface area (Å²) < 4.78 is 6.86. The number of aromatic nitrogens is 5. The number of hydrogen-bond acceptors (Lipinski definition) is 8. The van der Waals surface area contributed by atoms with Crippen molar-refractivity contribution in [2.45, 2.75) is 31.4 Å². The van der Waals surface area contributed by atoms with Crippen LogP contribution >= 0.6 is 11.8 Å². The van der Waals surface area contributed by atoms with E-state index in [4.69, 9.17) is 4.52 Å². The van der Waals surface area contributed by atoms with Crippen LogP contribution in [0.4, 0.5) is 5.82 Å². The predicted molar refractivity (Wildman–Crippen MR) is 118 cm³/mol. The summed E-state index contributed by atoms with van der Waals surface area (Å²) in [4.78, 5) is 22.1. The van der Waals surface area contributed by atoms with Crippen molar-refractivity contribution in [3.8, 4) is 0 Å². The Morgan fingerprint density at radius 3 is 2.84 bits per heavy atom. The fourth-order valence-electron chi connectivity index (χ4n) is 3.16. The molecular weight excluding hydrogens is 414 g/mol. The van der Waals surface area contributed by atoms with Gasteiger partial charge in [0.25, 0.3) is 11.7 Å². The lowest BCUT2D eigenvalue weighted by molar-refractivity contribution is 0.0952. The summed E-state index contributed by atoms with van der Waals surface area (Å²) in [7, 11) is 0. The zero-order valence-electron chi connectivity index (χ0n) is 17.5. The normalized spacial score (nSPS) is 11.1. The largest absolute Gasteiger partial charge is 0.368 e. The smallest absolute Gasteiger partial charge is 0.254 e. The molecule has 0 atom stereocenters. The van der Waals surface area contributed by atoms with Gasteiger partial charge in [0.05, 0.1) is 11.3 Å². The van der Waals surface area contributed by atoms with Gasteiger partial charge in [-0.15, -0.1) is 11.8 Å². The third-order valence-electron chi connectivity index (χ3n) is 4.78. The highest BCUT2D eigenvalue weighted by Gasteiger charge is 2.14. The minimum absolute atomic E-state index is 0.111. The van der Waals surface area contributed by atoms with E-state index in [1.54, 1.807) is 16.3 Å². The van der Waals surface area contributed by atoms with Crippen molar-refractivity contribution in [2.24, 2.45) is 0 Å². The SMILES string of the molecule is Cc1cc(NCCNC(=O)c2ccccc2SCc2c(C)noc2C)n2ncnc2n1. The Kier molecular flexibility index (Phi) is 6.17. The Labute approximate surface area is 183 Å². The standard InChI is InChI=1S/C21H23N7O2S/c1-13-10-19(28-21(26-13)24-12-25-28)22-8-9-23-20(29)16-6-4-5-7-18(16)31-11-17-14(2)27-30-15(17)3/h4-7,10,12,22H,8-9,11H2,1-3H3,(H,23,29). The highest BCUT2D eigenvalue weighted by molar-refractivity contribution is 7.98. The topological polar surface area (TPSA) is 110 Å². The molecule has 0 aliphatic carbocycles. The highest BCUT2D eigenvalue weighted by Crippen LogP contribution is 2.28. The number of hydrogen-bond donors (Lipinski definition) is 2. The number of aryl methyl sites for hydroxylation is 3. The van der Waals surface area contributed by atoms with Crippen LogP contribution in [-0.2, 0) is 5.75 Å². The summed E-state index contributed by atoms with van der Waals surface area (Å²) >= 11 is 1.60. The summed E-state index contributed by atoms with van der Waals surface area (Å²) in [5.41, 5.74) is 3.44. The van der Waals surface area contributed by atoms with Gasteiger partial charge in [0.2, 0.25) is 0 Å². The van der Waals surface area contributed by atoms with Crippen molar-refractivity contribution in [3.05, 3.63) is 64.9 Å². The van der Waals surface area contributed by atoms with Crippen LogP contribution < -0.4 is 10.6 Å². The molecule has 0 saturated carbocycles. The summed E-state index contributed by atoms with van der Waals surface area (Å²) in [5, 5.41) is 14.4. The van der Waals surface area contributed by atoms with E-state index >= 15 is 0 Å². The molecular formula is C21H23N7O2S. The number of carbonyl (C=O) groups excluding carboxylic acids is 1. The van der Waals surface area contributed by atoms with Crippen LogP contribution in [0.2, 0.25) is 0 Å². The molecule has 4 rings (SSSR count). The van der Waals surface area contributed by atoms with E-state index in [1.807, 2.05) is 51.1 Å². The van der Waals surface area contributed by atoms with Crippen LogP contribution in [0.25, 0.3) is 5.78 Å². The number of nitrogens with zero attached hydrogens (tertiary/aromatic N) is 5. The van der Waals surface area contributed by atoms with Gasteiger partial charge in [0.15, 0.2) is 0 Å². The molecule has 0 aliphatic heterocycles. The van der Waals surface area contributed by atoms with Gasteiger partial charge in [-0.25, -0.2) is 4.98 Å². The first-order chi connectivity index (χ1) is 15.0. The molecule has 3 aromatic heterocycles. The molecule has 0 saturated heterocycles. The molecule has 2 N–H and O–H groups in total. The Morgan fingerprint density at radius 2 is 2.03 bits per heavy atom. The average molecular weight is 438 g/mol. The summed E-state index contributed by atoms with van der Waals surface area (Å²) in [5.74, 6) is 2.72. The van der Waals surface area contributed by atoms with E-state index in [9.17, 15) is 4.79 Å². The van der Waals surface area contributed by atoms with E-state index < -0.39 is 0 Å². The highest BCUT2D eigenvalue weighted by atomic mass is 32.2. The van der Waals surface area contributed by atoms with Gasteiger partial charge in [0.1, 0.15) is 17.9 Å². The van der Waals surface area contributed by atoms with Crippen LogP contribution in [0.15, 0.2) is 46.1 Å². The fraction of sp³-hybridized carbons (Fsp3) is 0.286. The van der Waals surface area contributed by atoms with Gasteiger partial charge in [-0.1, -0.05) is 17.3 Å². The van der Waals surface area contributed by atoms with Crippen LogP contribution in [0, 0.1) is 20.8 Å². The quantitative estimate of drug-likeness (QED) is 0.319. The molecule has 0 spiro atoms. The van der Waals surface area contributed by atoms with Gasteiger partial charge in [-0.05, 0) is 32.9 Å². The molecule has 0 radical (unpaired) electrons. The van der Waals surface area contributed by atoms with E-state index in [0.717, 1.165) is 33.4 Å². The van der Waals surface area contributed by atoms with Gasteiger partial charge in [-0.2, -0.15) is 14.6 Å². The Bertz CT molecular complexity index is 1200. The van der Waals surface area contributed by atoms with Crippen molar-refractivity contribution in [1.82, 2.24) is 30.1 Å². The van der Waals surface area contributed by atoms with Crippen LogP contribution in [-0.4, -0.2) is 43.7 Å². The molecule has 0 unspecified atom stereocenters. The van der Waals surface area contributed by atoms with Crippen molar-refractivity contribution in [3.63, 3.8) is 0 Å². The maximum absolute atomic E-state index is 12.8. The van der Waals surface area contributed by atoms with Crippen LogP contribution in [0.1, 0.15) is 33.1 Å². The molecule has 4 aromatic rings. The molecule has 3 heterocycles. The lowest BCUT2D eigenvalue weighted by Crippen LogP contribution is -2.29. The minimum atomic E-state index is -0.111. The number of nitrogens with one attached hydrogen (secondary N) is 2. The zero-order valence-corrected chi connectivity index (χ0v) is 18.4. The number of rotatable bonds is 8. The summed E-state index contributed by atoms with van der Waals surface area (Å²) in [6.07, 6.45) is 1.46. The first kappa shape index (κ1) is 20.9. The lowest BCUT2D eigenvalue weighted by Gasteiger charge is -2.11. The second kappa shape index (κ2) is 9.17. The molecule has 1 aromatic carbocycles. The second-order valence-electron chi connectivity index (χ2n) is 7.02. The van der Waals surface area contributed by atoms with E-state index in [1.165, 1.54) is 6.33 Å². The number of anilines is 1. The van der Waals surface area contributed by atoms with Crippen molar-refractivity contribution in [1.29, 1.82) is 0 Å².